The number of rotatable bonds is 6. The molecule has 8 nitrogen and oxygen atoms in total. The highest BCUT2D eigenvalue weighted by Crippen LogP contribution is 2.37. The molecule has 0 aliphatic carbocycles. The van der Waals surface area contributed by atoms with Crippen LogP contribution in [0.2, 0.25) is 0 Å². The van der Waals surface area contributed by atoms with Crippen LogP contribution >= 0.6 is 31.9 Å². The molecule has 1 atom stereocenters. The highest BCUT2D eigenvalue weighted by atomic mass is 79.9. The highest BCUT2D eigenvalue weighted by Gasteiger charge is 2.23. The number of aromatic nitrogens is 2. The molecular weight excluding hydrogens is 558 g/mol. The standard InChI is InChI=1S/C23H23Br2N3O5/c1-12(21(30)31)33-19-16(25)8-13(9-18(19)32-5)11-26-28-20(29)15-10-14(24)6-7-17(15)27-22(28)23(2,3)4/h6-12H,1-5H3,(H,30,31)/t12-/m1/s1. The van der Waals surface area contributed by atoms with Gasteiger partial charge in [0.25, 0.3) is 5.56 Å². The van der Waals surface area contributed by atoms with Crippen LogP contribution in [0.5, 0.6) is 11.5 Å². The first-order valence-electron chi connectivity index (χ1n) is 9.96. The fourth-order valence-electron chi connectivity index (χ4n) is 3.02. The summed E-state index contributed by atoms with van der Waals surface area (Å²) in [5.41, 5.74) is 0.470. The number of fused-ring (bicyclic) bond motifs is 1. The Labute approximate surface area is 207 Å². The molecule has 3 rings (SSSR count). The third-order valence-corrected chi connectivity index (χ3v) is 5.78. The van der Waals surface area contributed by atoms with Gasteiger partial charge in [0.15, 0.2) is 17.6 Å². The van der Waals surface area contributed by atoms with Gasteiger partial charge < -0.3 is 14.6 Å². The lowest BCUT2D eigenvalue weighted by Gasteiger charge is -2.21. The topological polar surface area (TPSA) is 103 Å². The first-order valence-corrected chi connectivity index (χ1v) is 11.5. The number of hydrogen-bond acceptors (Lipinski definition) is 6. The first kappa shape index (κ1) is 24.9. The van der Waals surface area contributed by atoms with Gasteiger partial charge in [-0.05, 0) is 58.7 Å². The van der Waals surface area contributed by atoms with Crippen LogP contribution in [0.3, 0.4) is 0 Å². The lowest BCUT2D eigenvalue weighted by Crippen LogP contribution is -2.29. The van der Waals surface area contributed by atoms with Gasteiger partial charge in [-0.1, -0.05) is 36.7 Å². The molecule has 0 spiro atoms. The molecule has 33 heavy (non-hydrogen) atoms. The molecule has 0 saturated carbocycles. The molecule has 0 bridgehead atoms. The summed E-state index contributed by atoms with van der Waals surface area (Å²) in [7, 11) is 1.45. The summed E-state index contributed by atoms with van der Waals surface area (Å²) in [6.45, 7) is 7.30. The lowest BCUT2D eigenvalue weighted by atomic mass is 9.95. The van der Waals surface area contributed by atoms with Crippen LogP contribution < -0.4 is 15.0 Å². The van der Waals surface area contributed by atoms with Crippen LogP contribution in [0.4, 0.5) is 0 Å². The number of benzene rings is 2. The van der Waals surface area contributed by atoms with E-state index >= 15 is 0 Å². The SMILES string of the molecule is COc1cc(C=Nn2c(C(C)(C)C)nc3ccc(Br)cc3c2=O)cc(Br)c1O[C@H](C)C(=O)O. The minimum absolute atomic E-state index is 0.259. The molecular formula is C23H23Br2N3O5. The Morgan fingerprint density at radius 3 is 2.55 bits per heavy atom. The van der Waals surface area contributed by atoms with Crippen molar-refractivity contribution in [1.82, 2.24) is 9.66 Å². The number of ether oxygens (including phenoxy) is 2. The highest BCUT2D eigenvalue weighted by molar-refractivity contribution is 9.10. The largest absolute Gasteiger partial charge is 0.493 e. The third kappa shape index (κ3) is 5.44. The number of carboxylic acid groups (broad SMARTS) is 1. The zero-order valence-electron chi connectivity index (χ0n) is 18.7. The quantitative estimate of drug-likeness (QED) is 0.413. The molecule has 3 aromatic rings. The summed E-state index contributed by atoms with van der Waals surface area (Å²) in [6.07, 6.45) is 0.449. The van der Waals surface area contributed by atoms with Crippen LogP contribution in [-0.4, -0.2) is 40.2 Å². The fraction of sp³-hybridized carbons (Fsp3) is 0.304. The van der Waals surface area contributed by atoms with Crippen LogP contribution in [0, 0.1) is 0 Å². The van der Waals surface area contributed by atoms with Crippen molar-refractivity contribution in [3.05, 3.63) is 61.0 Å². The summed E-state index contributed by atoms with van der Waals surface area (Å²) >= 11 is 6.80. The Morgan fingerprint density at radius 1 is 1.24 bits per heavy atom. The minimum atomic E-state index is -1.10. The molecule has 10 heteroatoms. The van der Waals surface area contributed by atoms with Crippen LogP contribution in [-0.2, 0) is 10.2 Å². The molecule has 0 aliphatic heterocycles. The smallest absolute Gasteiger partial charge is 0.344 e. The summed E-state index contributed by atoms with van der Waals surface area (Å²) in [6, 6.07) is 8.70. The number of halogens is 2. The van der Waals surface area contributed by atoms with Crippen LogP contribution in [0.15, 0.2) is 49.2 Å². The van der Waals surface area contributed by atoms with Gasteiger partial charge in [0.05, 0.1) is 28.7 Å². The van der Waals surface area contributed by atoms with Crippen molar-refractivity contribution in [2.75, 3.05) is 7.11 Å². The lowest BCUT2D eigenvalue weighted by molar-refractivity contribution is -0.144. The van der Waals surface area contributed by atoms with Gasteiger partial charge in [0, 0.05) is 9.89 Å². The molecule has 1 N–H and O–H groups in total. The summed E-state index contributed by atoms with van der Waals surface area (Å²) in [4.78, 5) is 29.1. The van der Waals surface area contributed by atoms with Gasteiger partial charge >= 0.3 is 5.97 Å². The van der Waals surface area contributed by atoms with Gasteiger partial charge in [-0.3, -0.25) is 4.79 Å². The van der Waals surface area contributed by atoms with E-state index in [-0.39, 0.29) is 11.3 Å². The van der Waals surface area contributed by atoms with E-state index in [4.69, 9.17) is 19.6 Å². The van der Waals surface area contributed by atoms with E-state index in [9.17, 15) is 9.59 Å². The second kappa shape index (κ2) is 9.64. The van der Waals surface area contributed by atoms with Gasteiger partial charge in [-0.15, -0.1) is 0 Å². The molecule has 0 unspecified atom stereocenters. The van der Waals surface area contributed by atoms with Crippen LogP contribution in [0.25, 0.3) is 10.9 Å². The molecule has 1 aromatic heterocycles. The predicted octanol–water partition coefficient (Wildman–Crippen LogP) is 4.96. The van der Waals surface area contributed by atoms with Gasteiger partial charge in [0.1, 0.15) is 5.82 Å². The van der Waals surface area contributed by atoms with E-state index < -0.39 is 17.5 Å². The van der Waals surface area contributed by atoms with E-state index in [1.165, 1.54) is 24.9 Å². The third-order valence-electron chi connectivity index (χ3n) is 4.70. The van der Waals surface area contributed by atoms with Crippen molar-refractivity contribution in [3.63, 3.8) is 0 Å². The van der Waals surface area contributed by atoms with Crippen molar-refractivity contribution in [2.45, 2.75) is 39.2 Å². The maximum absolute atomic E-state index is 13.3. The molecule has 0 saturated heterocycles. The summed E-state index contributed by atoms with van der Waals surface area (Å²) in [5.74, 6) is -0.00355. The molecule has 0 aliphatic rings. The molecule has 2 aromatic carbocycles. The average molecular weight is 581 g/mol. The maximum atomic E-state index is 13.3. The molecule has 0 amide bonds. The number of carboxylic acids is 1. The Balaban J connectivity index is 2.12. The van der Waals surface area contributed by atoms with Gasteiger partial charge in [-0.2, -0.15) is 9.78 Å². The average Bonchev–Trinajstić information content (AvgIpc) is 2.73. The molecule has 1 heterocycles. The van der Waals surface area contributed by atoms with E-state index in [0.717, 1.165) is 4.47 Å². The Kier molecular flexibility index (Phi) is 7.28. The minimum Gasteiger partial charge on any atom is -0.493 e. The first-order chi connectivity index (χ1) is 15.4. The predicted molar refractivity (Wildman–Crippen MR) is 134 cm³/mol. The number of methoxy groups -OCH3 is 1. The monoisotopic (exact) mass is 579 g/mol. The number of aliphatic carboxylic acids is 1. The number of hydrogen-bond donors (Lipinski definition) is 1. The van der Waals surface area contributed by atoms with E-state index in [0.29, 0.717) is 32.5 Å². The van der Waals surface area contributed by atoms with Gasteiger partial charge in [-0.25, -0.2) is 9.78 Å². The fourth-order valence-corrected chi connectivity index (χ4v) is 3.94. The van der Waals surface area contributed by atoms with Gasteiger partial charge in [0.2, 0.25) is 0 Å². The zero-order chi connectivity index (χ0) is 24.5. The summed E-state index contributed by atoms with van der Waals surface area (Å²) in [5, 5.41) is 14.0. The molecule has 174 valence electrons. The maximum Gasteiger partial charge on any atom is 0.344 e. The van der Waals surface area contributed by atoms with Crippen molar-refractivity contribution in [1.29, 1.82) is 0 Å². The number of carbonyl (C=O) groups is 1. The molecule has 0 radical (unpaired) electrons. The molecule has 0 fully saturated rings. The van der Waals surface area contributed by atoms with E-state index in [1.54, 1.807) is 24.3 Å². The second-order valence-corrected chi connectivity index (χ2v) is 10.1. The van der Waals surface area contributed by atoms with Crippen molar-refractivity contribution >= 4 is 54.9 Å². The Bertz CT molecular complexity index is 1310. The Hall–Kier alpha value is -2.72. The van der Waals surface area contributed by atoms with Crippen LogP contribution in [0.1, 0.15) is 39.1 Å². The zero-order valence-corrected chi connectivity index (χ0v) is 21.9. The van der Waals surface area contributed by atoms with E-state index in [2.05, 4.69) is 37.0 Å². The number of nitrogens with zero attached hydrogens (tertiary/aromatic N) is 3. The summed E-state index contributed by atoms with van der Waals surface area (Å²) < 4.78 is 13.4. The van der Waals surface area contributed by atoms with Crippen molar-refractivity contribution < 1.29 is 19.4 Å². The van der Waals surface area contributed by atoms with Crippen molar-refractivity contribution in [2.24, 2.45) is 5.10 Å². The Morgan fingerprint density at radius 2 is 1.94 bits per heavy atom. The van der Waals surface area contributed by atoms with E-state index in [1.807, 2.05) is 26.8 Å². The second-order valence-electron chi connectivity index (χ2n) is 8.34. The van der Waals surface area contributed by atoms with Crippen molar-refractivity contribution in [3.8, 4) is 11.5 Å². The normalized spacial score (nSPS) is 12.8.